The summed E-state index contributed by atoms with van der Waals surface area (Å²) in [6, 6.07) is 0. The van der Waals surface area contributed by atoms with Crippen LogP contribution in [0.4, 0.5) is 0 Å². The molecule has 2 rings (SSSR count). The van der Waals surface area contributed by atoms with Crippen molar-refractivity contribution >= 4 is 11.7 Å². The van der Waals surface area contributed by atoms with E-state index in [-0.39, 0.29) is 24.2 Å². The van der Waals surface area contributed by atoms with Crippen molar-refractivity contribution in [2.45, 2.75) is 44.2 Å². The van der Waals surface area contributed by atoms with Crippen LogP contribution in [-0.4, -0.2) is 29.9 Å². The van der Waals surface area contributed by atoms with E-state index in [2.05, 4.69) is 5.32 Å². The molecule has 2 saturated heterocycles. The molecular weight excluding hydrogens is 182 g/mol. The van der Waals surface area contributed by atoms with Crippen molar-refractivity contribution in [3.63, 3.8) is 0 Å². The van der Waals surface area contributed by atoms with Gasteiger partial charge in [0.25, 0.3) is 0 Å². The molecular formula is C10H15NO3. The summed E-state index contributed by atoms with van der Waals surface area (Å²) in [5.74, 6) is -0.159. The number of nitrogens with one attached hydrogen (secondary N) is 1. The highest BCUT2D eigenvalue weighted by Gasteiger charge is 2.43. The van der Waals surface area contributed by atoms with Gasteiger partial charge in [0.1, 0.15) is 0 Å². The Balaban J connectivity index is 2.01. The maximum absolute atomic E-state index is 11.6. The SMILES string of the molecule is CC1(CC2CCCO2)NC(=O)CC1=O. The van der Waals surface area contributed by atoms with Crippen molar-refractivity contribution in [1.82, 2.24) is 5.32 Å². The van der Waals surface area contributed by atoms with Gasteiger partial charge in [-0.3, -0.25) is 9.59 Å². The highest BCUT2D eigenvalue weighted by molar-refractivity contribution is 6.09. The molecule has 1 N–H and O–H groups in total. The van der Waals surface area contributed by atoms with Gasteiger partial charge in [0, 0.05) is 13.0 Å². The number of carbonyl (C=O) groups is 2. The molecule has 0 aliphatic carbocycles. The molecule has 0 aromatic carbocycles. The molecule has 2 fully saturated rings. The van der Waals surface area contributed by atoms with E-state index in [1.54, 1.807) is 6.92 Å². The smallest absolute Gasteiger partial charge is 0.228 e. The Labute approximate surface area is 83.0 Å². The van der Waals surface area contributed by atoms with Gasteiger partial charge in [-0.1, -0.05) is 0 Å². The summed E-state index contributed by atoms with van der Waals surface area (Å²) in [7, 11) is 0. The number of amides is 1. The van der Waals surface area contributed by atoms with E-state index < -0.39 is 5.54 Å². The highest BCUT2D eigenvalue weighted by Crippen LogP contribution is 2.26. The third kappa shape index (κ3) is 1.66. The third-order valence-electron chi connectivity index (χ3n) is 3.01. The van der Waals surface area contributed by atoms with Crippen molar-refractivity contribution in [3.8, 4) is 0 Å². The largest absolute Gasteiger partial charge is 0.378 e. The highest BCUT2D eigenvalue weighted by atomic mass is 16.5. The Morgan fingerprint density at radius 1 is 1.57 bits per heavy atom. The van der Waals surface area contributed by atoms with Crippen LogP contribution in [0.1, 0.15) is 32.6 Å². The summed E-state index contributed by atoms with van der Waals surface area (Å²) in [4.78, 5) is 22.6. The molecule has 2 heterocycles. The lowest BCUT2D eigenvalue weighted by molar-refractivity contribution is -0.123. The van der Waals surface area contributed by atoms with Gasteiger partial charge in [-0.15, -0.1) is 0 Å². The van der Waals surface area contributed by atoms with Gasteiger partial charge in [0.05, 0.1) is 18.1 Å². The third-order valence-corrected chi connectivity index (χ3v) is 3.01. The summed E-state index contributed by atoms with van der Waals surface area (Å²) in [5, 5.41) is 2.74. The molecule has 2 unspecified atom stereocenters. The molecule has 0 aromatic rings. The fourth-order valence-corrected chi connectivity index (χ4v) is 2.19. The molecule has 4 heteroatoms. The van der Waals surface area contributed by atoms with Gasteiger partial charge in [0.15, 0.2) is 5.78 Å². The monoisotopic (exact) mass is 197 g/mol. The molecule has 0 spiro atoms. The van der Waals surface area contributed by atoms with Crippen LogP contribution >= 0.6 is 0 Å². The molecule has 0 radical (unpaired) electrons. The topological polar surface area (TPSA) is 55.4 Å². The van der Waals surface area contributed by atoms with Gasteiger partial charge >= 0.3 is 0 Å². The Bertz CT molecular complexity index is 271. The molecule has 14 heavy (non-hydrogen) atoms. The summed E-state index contributed by atoms with van der Waals surface area (Å²) in [5.41, 5.74) is -0.675. The standard InChI is InChI=1S/C10H15NO3/c1-10(6-7-3-2-4-14-7)8(12)5-9(13)11-10/h7H,2-6H2,1H3,(H,11,13). The van der Waals surface area contributed by atoms with E-state index in [9.17, 15) is 9.59 Å². The van der Waals surface area contributed by atoms with Crippen LogP contribution in [-0.2, 0) is 14.3 Å². The quantitative estimate of drug-likeness (QED) is 0.652. The second kappa shape index (κ2) is 3.35. The number of hydrogen-bond acceptors (Lipinski definition) is 3. The number of hydrogen-bond donors (Lipinski definition) is 1. The fraction of sp³-hybridized carbons (Fsp3) is 0.800. The zero-order valence-electron chi connectivity index (χ0n) is 8.34. The van der Waals surface area contributed by atoms with Crippen molar-refractivity contribution in [1.29, 1.82) is 0 Å². The summed E-state index contributed by atoms with van der Waals surface area (Å²) >= 11 is 0. The first-order chi connectivity index (χ1) is 6.60. The van der Waals surface area contributed by atoms with Gasteiger partial charge in [-0.05, 0) is 19.8 Å². The van der Waals surface area contributed by atoms with E-state index in [1.165, 1.54) is 0 Å². The molecule has 1 amide bonds. The lowest BCUT2D eigenvalue weighted by Crippen LogP contribution is -2.45. The Morgan fingerprint density at radius 2 is 2.36 bits per heavy atom. The molecule has 0 aromatic heterocycles. The van der Waals surface area contributed by atoms with Crippen molar-refractivity contribution in [2.75, 3.05) is 6.61 Å². The fourth-order valence-electron chi connectivity index (χ4n) is 2.19. The number of Topliss-reactive ketones (excluding diaryl/α,β-unsaturated/α-hetero) is 1. The molecule has 0 bridgehead atoms. The first-order valence-electron chi connectivity index (χ1n) is 5.06. The zero-order chi connectivity index (χ0) is 10.2. The second-order valence-corrected chi connectivity index (χ2v) is 4.32. The number of rotatable bonds is 2. The van der Waals surface area contributed by atoms with Crippen LogP contribution in [0.15, 0.2) is 0 Å². The first-order valence-corrected chi connectivity index (χ1v) is 5.06. The van der Waals surface area contributed by atoms with Gasteiger partial charge < -0.3 is 10.1 Å². The number of carbonyl (C=O) groups excluding carboxylic acids is 2. The second-order valence-electron chi connectivity index (χ2n) is 4.32. The summed E-state index contributed by atoms with van der Waals surface area (Å²) in [6.45, 7) is 2.57. The van der Waals surface area contributed by atoms with Crippen LogP contribution in [0.5, 0.6) is 0 Å². The van der Waals surface area contributed by atoms with Crippen LogP contribution in [0.3, 0.4) is 0 Å². The Kier molecular flexibility index (Phi) is 2.31. The van der Waals surface area contributed by atoms with Crippen LogP contribution < -0.4 is 5.32 Å². The predicted molar refractivity (Wildman–Crippen MR) is 49.8 cm³/mol. The molecule has 2 aliphatic heterocycles. The number of ketones is 1. The molecule has 4 nitrogen and oxygen atoms in total. The summed E-state index contributed by atoms with van der Waals surface area (Å²) in [6.07, 6.45) is 2.85. The molecule has 0 saturated carbocycles. The van der Waals surface area contributed by atoms with Crippen molar-refractivity contribution in [2.24, 2.45) is 0 Å². The average molecular weight is 197 g/mol. The maximum atomic E-state index is 11.6. The Hall–Kier alpha value is -0.900. The van der Waals surface area contributed by atoms with E-state index >= 15 is 0 Å². The number of ether oxygens (including phenoxy) is 1. The Morgan fingerprint density at radius 3 is 2.86 bits per heavy atom. The zero-order valence-corrected chi connectivity index (χ0v) is 8.34. The van der Waals surface area contributed by atoms with E-state index in [0.29, 0.717) is 6.42 Å². The van der Waals surface area contributed by atoms with Crippen LogP contribution in [0, 0.1) is 0 Å². The minimum atomic E-state index is -0.675. The van der Waals surface area contributed by atoms with Gasteiger partial charge in [0.2, 0.25) is 5.91 Å². The van der Waals surface area contributed by atoms with E-state index in [4.69, 9.17) is 4.74 Å². The van der Waals surface area contributed by atoms with Crippen molar-refractivity contribution in [3.05, 3.63) is 0 Å². The minimum Gasteiger partial charge on any atom is -0.378 e. The lowest BCUT2D eigenvalue weighted by Gasteiger charge is -2.25. The normalized spacial score (nSPS) is 37.6. The van der Waals surface area contributed by atoms with E-state index in [1.807, 2.05) is 0 Å². The van der Waals surface area contributed by atoms with Gasteiger partial charge in [-0.2, -0.15) is 0 Å². The first kappa shape index (κ1) is 9.65. The van der Waals surface area contributed by atoms with Crippen molar-refractivity contribution < 1.29 is 14.3 Å². The minimum absolute atomic E-state index is 0.00185. The van der Waals surface area contributed by atoms with Crippen LogP contribution in [0.2, 0.25) is 0 Å². The maximum Gasteiger partial charge on any atom is 0.228 e. The van der Waals surface area contributed by atoms with Crippen LogP contribution in [0.25, 0.3) is 0 Å². The van der Waals surface area contributed by atoms with E-state index in [0.717, 1.165) is 19.4 Å². The predicted octanol–water partition coefficient (Wildman–Crippen LogP) is 0.403. The molecule has 2 aliphatic rings. The molecule has 2 atom stereocenters. The lowest BCUT2D eigenvalue weighted by atomic mass is 9.90. The molecule has 78 valence electrons. The summed E-state index contributed by atoms with van der Waals surface area (Å²) < 4.78 is 5.46. The average Bonchev–Trinajstić information content (AvgIpc) is 2.62. The van der Waals surface area contributed by atoms with Gasteiger partial charge in [-0.25, -0.2) is 0 Å².